The summed E-state index contributed by atoms with van der Waals surface area (Å²) in [5.74, 6) is 0.886. The molecule has 0 saturated heterocycles. The van der Waals surface area contributed by atoms with Gasteiger partial charge >= 0.3 is 0 Å². The molecule has 5 heteroatoms. The number of aromatic nitrogens is 2. The summed E-state index contributed by atoms with van der Waals surface area (Å²) in [6.07, 6.45) is 1.79. The molecule has 0 spiro atoms. The Morgan fingerprint density at radius 1 is 1.50 bits per heavy atom. The number of hydrogen-bond donors (Lipinski definition) is 1. The van der Waals surface area contributed by atoms with Gasteiger partial charge in [-0.1, -0.05) is 6.92 Å². The van der Waals surface area contributed by atoms with Crippen LogP contribution in [0.15, 0.2) is 33.5 Å². The van der Waals surface area contributed by atoms with E-state index in [1.165, 1.54) is 0 Å². The van der Waals surface area contributed by atoms with Gasteiger partial charge in [-0.15, -0.1) is 0 Å². The lowest BCUT2D eigenvalue weighted by molar-refractivity contribution is 0.425. The largest absolute Gasteiger partial charge is 0.452 e. The zero-order chi connectivity index (χ0) is 11.5. The quantitative estimate of drug-likeness (QED) is 0.938. The fraction of sp³-hybridized carbons (Fsp3) is 0.364. The zero-order valence-electron chi connectivity index (χ0n) is 9.27. The van der Waals surface area contributed by atoms with Crippen molar-refractivity contribution in [2.24, 2.45) is 7.05 Å². The first-order chi connectivity index (χ1) is 7.72. The topological polar surface area (TPSA) is 43.0 Å². The van der Waals surface area contributed by atoms with Crippen LogP contribution < -0.4 is 5.32 Å². The fourth-order valence-electron chi connectivity index (χ4n) is 1.71. The molecule has 2 heterocycles. The van der Waals surface area contributed by atoms with Crippen molar-refractivity contribution in [1.82, 2.24) is 15.1 Å². The SMILES string of the molecule is CCNC(c1ccc(Br)o1)c1ccnn1C. The summed E-state index contributed by atoms with van der Waals surface area (Å²) >= 11 is 3.32. The van der Waals surface area contributed by atoms with Crippen LogP contribution in [0, 0.1) is 0 Å². The van der Waals surface area contributed by atoms with E-state index < -0.39 is 0 Å². The number of halogens is 1. The molecule has 0 fully saturated rings. The number of nitrogens with zero attached hydrogens (tertiary/aromatic N) is 2. The van der Waals surface area contributed by atoms with Crippen molar-refractivity contribution >= 4 is 15.9 Å². The Morgan fingerprint density at radius 2 is 2.31 bits per heavy atom. The van der Waals surface area contributed by atoms with E-state index in [1.54, 1.807) is 6.20 Å². The molecule has 0 aromatic carbocycles. The lowest BCUT2D eigenvalue weighted by atomic mass is 10.1. The highest BCUT2D eigenvalue weighted by atomic mass is 79.9. The van der Waals surface area contributed by atoms with E-state index in [-0.39, 0.29) is 6.04 Å². The Labute approximate surface area is 103 Å². The number of furan rings is 1. The molecule has 2 aromatic rings. The smallest absolute Gasteiger partial charge is 0.169 e. The van der Waals surface area contributed by atoms with E-state index in [2.05, 4.69) is 33.3 Å². The molecule has 4 nitrogen and oxygen atoms in total. The molecule has 86 valence electrons. The predicted octanol–water partition coefficient (Wildman–Crippen LogP) is 2.47. The van der Waals surface area contributed by atoms with Crippen molar-refractivity contribution in [3.63, 3.8) is 0 Å². The van der Waals surface area contributed by atoms with Gasteiger partial charge in [-0.2, -0.15) is 5.10 Å². The van der Waals surface area contributed by atoms with Crippen LogP contribution in [0.1, 0.15) is 24.4 Å². The van der Waals surface area contributed by atoms with Gasteiger partial charge in [-0.05, 0) is 40.7 Å². The van der Waals surface area contributed by atoms with Crippen LogP contribution in [-0.4, -0.2) is 16.3 Å². The van der Waals surface area contributed by atoms with E-state index in [1.807, 2.05) is 29.9 Å². The maximum Gasteiger partial charge on any atom is 0.169 e. The Morgan fingerprint density at radius 3 is 2.81 bits per heavy atom. The van der Waals surface area contributed by atoms with Gasteiger partial charge in [0.15, 0.2) is 4.67 Å². The average molecular weight is 284 g/mol. The van der Waals surface area contributed by atoms with E-state index in [0.29, 0.717) is 0 Å². The molecule has 2 aromatic heterocycles. The van der Waals surface area contributed by atoms with Gasteiger partial charge in [-0.3, -0.25) is 4.68 Å². The molecule has 0 aliphatic heterocycles. The number of rotatable bonds is 4. The maximum atomic E-state index is 5.59. The van der Waals surface area contributed by atoms with Crippen molar-refractivity contribution in [3.8, 4) is 0 Å². The van der Waals surface area contributed by atoms with Crippen molar-refractivity contribution in [3.05, 3.63) is 40.5 Å². The summed E-state index contributed by atoms with van der Waals surface area (Å²) in [7, 11) is 1.93. The van der Waals surface area contributed by atoms with Crippen LogP contribution in [0.25, 0.3) is 0 Å². The molecule has 2 rings (SSSR count). The maximum absolute atomic E-state index is 5.59. The molecule has 0 aliphatic rings. The standard InChI is InChI=1S/C11H14BrN3O/c1-3-13-11(8-6-7-14-15(8)2)9-4-5-10(12)16-9/h4-7,11,13H,3H2,1-2H3. The molecule has 0 aliphatic carbocycles. The zero-order valence-corrected chi connectivity index (χ0v) is 10.9. The molecule has 0 radical (unpaired) electrons. The fourth-order valence-corrected chi connectivity index (χ4v) is 2.02. The Hall–Kier alpha value is -1.07. The third-order valence-electron chi connectivity index (χ3n) is 2.44. The highest BCUT2D eigenvalue weighted by Gasteiger charge is 2.19. The van der Waals surface area contributed by atoms with Gasteiger partial charge < -0.3 is 9.73 Å². The molecule has 1 atom stereocenters. The molecule has 1 N–H and O–H groups in total. The van der Waals surface area contributed by atoms with Crippen LogP contribution in [0.3, 0.4) is 0 Å². The predicted molar refractivity (Wildman–Crippen MR) is 65.1 cm³/mol. The van der Waals surface area contributed by atoms with E-state index in [0.717, 1.165) is 22.7 Å². The Balaban J connectivity index is 2.34. The van der Waals surface area contributed by atoms with Gasteiger partial charge in [0.25, 0.3) is 0 Å². The number of nitrogens with one attached hydrogen (secondary N) is 1. The highest BCUT2D eigenvalue weighted by Crippen LogP contribution is 2.25. The Kier molecular flexibility index (Phi) is 3.46. The van der Waals surface area contributed by atoms with Crippen LogP contribution in [0.4, 0.5) is 0 Å². The molecule has 0 amide bonds. The van der Waals surface area contributed by atoms with Crippen LogP contribution in [0.2, 0.25) is 0 Å². The second-order valence-electron chi connectivity index (χ2n) is 3.51. The molecule has 0 saturated carbocycles. The summed E-state index contributed by atoms with van der Waals surface area (Å²) in [4.78, 5) is 0. The van der Waals surface area contributed by atoms with Gasteiger partial charge in [0.05, 0.1) is 5.69 Å². The summed E-state index contributed by atoms with van der Waals surface area (Å²) in [6.45, 7) is 2.94. The summed E-state index contributed by atoms with van der Waals surface area (Å²) < 4.78 is 8.18. The van der Waals surface area contributed by atoms with Crippen molar-refractivity contribution in [1.29, 1.82) is 0 Å². The third-order valence-corrected chi connectivity index (χ3v) is 2.87. The first kappa shape index (κ1) is 11.4. The minimum Gasteiger partial charge on any atom is -0.452 e. The van der Waals surface area contributed by atoms with Gasteiger partial charge in [0, 0.05) is 13.2 Å². The molecular formula is C11H14BrN3O. The van der Waals surface area contributed by atoms with E-state index in [4.69, 9.17) is 4.42 Å². The lowest BCUT2D eigenvalue weighted by Crippen LogP contribution is -2.23. The van der Waals surface area contributed by atoms with Crippen molar-refractivity contribution in [2.75, 3.05) is 6.54 Å². The molecule has 16 heavy (non-hydrogen) atoms. The monoisotopic (exact) mass is 283 g/mol. The van der Waals surface area contributed by atoms with Crippen molar-refractivity contribution < 1.29 is 4.42 Å². The molecule has 0 bridgehead atoms. The molecular weight excluding hydrogens is 270 g/mol. The third kappa shape index (κ3) is 2.20. The Bertz CT molecular complexity index is 463. The number of aryl methyl sites for hydroxylation is 1. The summed E-state index contributed by atoms with van der Waals surface area (Å²) in [6, 6.07) is 5.90. The normalized spacial score (nSPS) is 12.9. The number of hydrogen-bond acceptors (Lipinski definition) is 3. The van der Waals surface area contributed by atoms with Crippen LogP contribution >= 0.6 is 15.9 Å². The van der Waals surface area contributed by atoms with E-state index in [9.17, 15) is 0 Å². The highest BCUT2D eigenvalue weighted by molar-refractivity contribution is 9.10. The minimum atomic E-state index is 0.0452. The van der Waals surface area contributed by atoms with Gasteiger partial charge in [-0.25, -0.2) is 0 Å². The summed E-state index contributed by atoms with van der Waals surface area (Å²) in [5, 5.41) is 7.56. The first-order valence-corrected chi connectivity index (χ1v) is 5.98. The first-order valence-electron chi connectivity index (χ1n) is 5.19. The van der Waals surface area contributed by atoms with Crippen molar-refractivity contribution in [2.45, 2.75) is 13.0 Å². The lowest BCUT2D eigenvalue weighted by Gasteiger charge is -2.15. The van der Waals surface area contributed by atoms with Gasteiger partial charge in [0.1, 0.15) is 11.8 Å². The van der Waals surface area contributed by atoms with Crippen LogP contribution in [-0.2, 0) is 7.05 Å². The summed E-state index contributed by atoms with van der Waals surface area (Å²) in [5.41, 5.74) is 1.09. The average Bonchev–Trinajstić information content (AvgIpc) is 2.84. The van der Waals surface area contributed by atoms with Crippen LogP contribution in [0.5, 0.6) is 0 Å². The van der Waals surface area contributed by atoms with Gasteiger partial charge in [0.2, 0.25) is 0 Å². The molecule has 1 unspecified atom stereocenters. The minimum absolute atomic E-state index is 0.0452. The second kappa shape index (κ2) is 4.84. The van der Waals surface area contributed by atoms with E-state index >= 15 is 0 Å². The second-order valence-corrected chi connectivity index (χ2v) is 4.29.